The highest BCUT2D eigenvalue weighted by molar-refractivity contribution is 7.16. The van der Waals surface area contributed by atoms with Crippen LogP contribution in [0.25, 0.3) is 0 Å². The van der Waals surface area contributed by atoms with Gasteiger partial charge in [0.25, 0.3) is 5.91 Å². The summed E-state index contributed by atoms with van der Waals surface area (Å²) in [4.78, 5) is 29.2. The van der Waals surface area contributed by atoms with Crippen molar-refractivity contribution in [2.45, 2.75) is 19.1 Å². The number of amides is 1. The molecule has 0 fully saturated rings. The largest absolute Gasteiger partial charge is 0.493 e. The highest BCUT2D eigenvalue weighted by Crippen LogP contribution is 2.41. The topological polar surface area (TPSA) is 79.9 Å². The normalized spacial score (nSPS) is 17.9. The van der Waals surface area contributed by atoms with E-state index >= 15 is 0 Å². The maximum Gasteiger partial charge on any atom is 0.353 e. The summed E-state index contributed by atoms with van der Waals surface area (Å²) in [6.45, 7) is 1.82. The van der Waals surface area contributed by atoms with Gasteiger partial charge in [-0.15, -0.1) is 22.7 Å². The molecule has 4 heterocycles. The Morgan fingerprint density at radius 1 is 1.23 bits per heavy atom. The van der Waals surface area contributed by atoms with Crippen LogP contribution in [0.4, 0.5) is 5.00 Å². The molecule has 1 atom stereocenters. The molecule has 9 heteroatoms. The van der Waals surface area contributed by atoms with Crippen molar-refractivity contribution in [3.05, 3.63) is 62.2 Å². The second kappa shape index (κ2) is 7.99. The zero-order valence-corrected chi connectivity index (χ0v) is 18.7. The van der Waals surface area contributed by atoms with Crippen molar-refractivity contribution < 1.29 is 19.1 Å². The van der Waals surface area contributed by atoms with Gasteiger partial charge in [-0.2, -0.15) is 0 Å². The van der Waals surface area contributed by atoms with E-state index in [0.29, 0.717) is 16.4 Å². The number of carbonyl (C=O) groups excluding carboxylic acids is 2. The van der Waals surface area contributed by atoms with Crippen LogP contribution < -0.4 is 20.1 Å². The fraction of sp³-hybridized carbons (Fsp3) is 0.273. The molecule has 0 unspecified atom stereocenters. The summed E-state index contributed by atoms with van der Waals surface area (Å²) in [6, 6.07) is 8.81. The Bertz CT molecular complexity index is 1160. The van der Waals surface area contributed by atoms with Crippen molar-refractivity contribution in [3.8, 4) is 11.5 Å². The van der Waals surface area contributed by atoms with Gasteiger partial charge in [0.05, 0.1) is 12.7 Å². The molecule has 2 aliphatic heterocycles. The average molecular weight is 456 g/mol. The molecule has 7 nitrogen and oxygen atoms in total. The van der Waals surface area contributed by atoms with E-state index in [1.807, 2.05) is 11.4 Å². The predicted molar refractivity (Wildman–Crippen MR) is 120 cm³/mol. The lowest BCUT2D eigenvalue weighted by molar-refractivity contribution is 0.0734. The number of benzene rings is 1. The van der Waals surface area contributed by atoms with Crippen LogP contribution in [0.2, 0.25) is 0 Å². The van der Waals surface area contributed by atoms with Crippen LogP contribution in [0.15, 0.2) is 35.7 Å². The monoisotopic (exact) mass is 455 g/mol. The maximum absolute atomic E-state index is 12.9. The summed E-state index contributed by atoms with van der Waals surface area (Å²) in [6.07, 6.45) is 0.490. The number of esters is 1. The number of carbonyl (C=O) groups is 2. The SMILES string of the molecule is COc1cc([C@@H]2NC(=O)c3c(sc4c3CCN(C)C4)N2)ccc1OC(=O)c1cccs1. The standard InChI is InChI=1S/C22H21N3O4S2/c1-25-8-7-13-17(11-25)31-21-18(13)20(26)23-19(24-21)12-5-6-14(15(10-12)28-2)29-22(27)16-4-3-9-30-16/h3-6,9-10,19,24H,7-8,11H2,1-2H3,(H,23,26)/t19-/m1/s1. The Hall–Kier alpha value is -2.88. The predicted octanol–water partition coefficient (Wildman–Crippen LogP) is 3.88. The van der Waals surface area contributed by atoms with Gasteiger partial charge in [-0.3, -0.25) is 4.79 Å². The summed E-state index contributed by atoms with van der Waals surface area (Å²) in [5.74, 6) is 0.273. The lowest BCUT2D eigenvalue weighted by Crippen LogP contribution is -2.38. The van der Waals surface area contributed by atoms with Crippen LogP contribution in [-0.2, 0) is 13.0 Å². The number of fused-ring (bicyclic) bond motifs is 3. The van der Waals surface area contributed by atoms with E-state index < -0.39 is 12.1 Å². The maximum atomic E-state index is 12.9. The van der Waals surface area contributed by atoms with Gasteiger partial charge in [-0.25, -0.2) is 4.79 Å². The van der Waals surface area contributed by atoms with Crippen LogP contribution in [0.5, 0.6) is 11.5 Å². The fourth-order valence-electron chi connectivity index (χ4n) is 3.90. The Morgan fingerprint density at radius 3 is 2.87 bits per heavy atom. The lowest BCUT2D eigenvalue weighted by Gasteiger charge is -2.27. The van der Waals surface area contributed by atoms with Crippen LogP contribution >= 0.6 is 22.7 Å². The number of hydrogen-bond donors (Lipinski definition) is 2. The Morgan fingerprint density at radius 2 is 2.10 bits per heavy atom. The molecule has 1 amide bonds. The van der Waals surface area contributed by atoms with Gasteiger partial charge < -0.3 is 25.0 Å². The molecule has 0 aliphatic carbocycles. The van der Waals surface area contributed by atoms with Crippen molar-refractivity contribution in [2.24, 2.45) is 0 Å². The van der Waals surface area contributed by atoms with Crippen molar-refractivity contribution in [1.82, 2.24) is 10.2 Å². The fourth-order valence-corrected chi connectivity index (χ4v) is 5.86. The third-order valence-corrected chi connectivity index (χ3v) is 7.47. The van der Waals surface area contributed by atoms with Crippen molar-refractivity contribution in [3.63, 3.8) is 0 Å². The van der Waals surface area contributed by atoms with Crippen molar-refractivity contribution >= 4 is 39.6 Å². The minimum absolute atomic E-state index is 0.0621. The van der Waals surface area contributed by atoms with Gasteiger partial charge in [-0.05, 0) is 48.2 Å². The number of hydrogen-bond acceptors (Lipinski definition) is 8. The molecule has 31 heavy (non-hydrogen) atoms. The highest BCUT2D eigenvalue weighted by atomic mass is 32.1. The van der Waals surface area contributed by atoms with Crippen LogP contribution in [0, 0.1) is 0 Å². The van der Waals surface area contributed by atoms with Crippen LogP contribution in [0.1, 0.15) is 42.2 Å². The first-order valence-electron chi connectivity index (χ1n) is 9.87. The number of anilines is 1. The second-order valence-electron chi connectivity index (χ2n) is 7.52. The van der Waals surface area contributed by atoms with E-state index in [1.54, 1.807) is 35.6 Å². The number of ether oxygens (including phenoxy) is 2. The summed E-state index contributed by atoms with van der Waals surface area (Å²) in [5.41, 5.74) is 2.75. The molecule has 1 aromatic carbocycles. The highest BCUT2D eigenvalue weighted by Gasteiger charge is 2.33. The van der Waals surface area contributed by atoms with E-state index in [-0.39, 0.29) is 5.91 Å². The number of thiophene rings is 2. The van der Waals surface area contributed by atoms with E-state index in [2.05, 4.69) is 22.6 Å². The minimum Gasteiger partial charge on any atom is -0.493 e. The van der Waals surface area contributed by atoms with Crippen molar-refractivity contribution in [1.29, 1.82) is 0 Å². The molecule has 160 valence electrons. The van der Waals surface area contributed by atoms with Gasteiger partial charge in [0.2, 0.25) is 0 Å². The smallest absolute Gasteiger partial charge is 0.353 e. The lowest BCUT2D eigenvalue weighted by atomic mass is 10.0. The Labute approximate surface area is 187 Å². The third-order valence-electron chi connectivity index (χ3n) is 5.47. The van der Waals surface area contributed by atoms with E-state index in [0.717, 1.165) is 41.2 Å². The number of nitrogens with one attached hydrogen (secondary N) is 2. The quantitative estimate of drug-likeness (QED) is 0.459. The van der Waals surface area contributed by atoms with Gasteiger partial charge >= 0.3 is 5.97 Å². The Balaban J connectivity index is 1.40. The summed E-state index contributed by atoms with van der Waals surface area (Å²) in [7, 11) is 3.62. The summed E-state index contributed by atoms with van der Waals surface area (Å²) < 4.78 is 11.0. The molecule has 0 saturated heterocycles. The van der Waals surface area contributed by atoms with Gasteiger partial charge in [0.15, 0.2) is 11.5 Å². The molecule has 0 bridgehead atoms. The zero-order chi connectivity index (χ0) is 21.5. The number of methoxy groups -OCH3 is 1. The van der Waals surface area contributed by atoms with E-state index in [1.165, 1.54) is 23.3 Å². The molecular formula is C22H21N3O4S2. The molecule has 0 saturated carbocycles. The number of rotatable bonds is 4. The first-order valence-corrected chi connectivity index (χ1v) is 11.6. The molecule has 2 N–H and O–H groups in total. The zero-order valence-electron chi connectivity index (χ0n) is 17.1. The number of likely N-dealkylation sites (N-methyl/N-ethyl adjacent to an activating group) is 1. The third kappa shape index (κ3) is 3.69. The first kappa shape index (κ1) is 20.0. The number of nitrogens with zero attached hydrogens (tertiary/aromatic N) is 1. The molecule has 3 aromatic rings. The van der Waals surface area contributed by atoms with E-state index in [9.17, 15) is 9.59 Å². The minimum atomic E-state index is -0.427. The molecule has 0 radical (unpaired) electrons. The van der Waals surface area contributed by atoms with Gasteiger partial charge in [0.1, 0.15) is 16.0 Å². The average Bonchev–Trinajstić information content (AvgIpc) is 3.41. The summed E-state index contributed by atoms with van der Waals surface area (Å²) >= 11 is 2.97. The molecule has 0 spiro atoms. The van der Waals surface area contributed by atoms with Crippen molar-refractivity contribution in [2.75, 3.05) is 26.0 Å². The Kier molecular flexibility index (Phi) is 5.17. The van der Waals surface area contributed by atoms with Gasteiger partial charge in [0, 0.05) is 18.0 Å². The van der Waals surface area contributed by atoms with Gasteiger partial charge in [-0.1, -0.05) is 12.1 Å². The van der Waals surface area contributed by atoms with Crippen LogP contribution in [-0.4, -0.2) is 37.5 Å². The first-order chi connectivity index (χ1) is 15.0. The summed E-state index contributed by atoms with van der Waals surface area (Å²) in [5, 5.41) is 9.23. The molecule has 2 aromatic heterocycles. The molecule has 2 aliphatic rings. The van der Waals surface area contributed by atoms with Crippen LogP contribution in [0.3, 0.4) is 0 Å². The second-order valence-corrected chi connectivity index (χ2v) is 9.58. The van der Waals surface area contributed by atoms with E-state index in [4.69, 9.17) is 9.47 Å². The molecule has 5 rings (SSSR count). The molecular weight excluding hydrogens is 434 g/mol.